The zero-order valence-electron chi connectivity index (χ0n) is 82.5. The van der Waals surface area contributed by atoms with Crippen LogP contribution in [0.25, 0.3) is 10.8 Å². The highest BCUT2D eigenvalue weighted by molar-refractivity contribution is 7.99. The third kappa shape index (κ3) is 42.1. The highest BCUT2D eigenvalue weighted by atomic mass is 32.2. The van der Waals surface area contributed by atoms with Gasteiger partial charge in [0.05, 0.1) is 55.8 Å². The number of hydrogen-bond donors (Lipinski definition) is 20. The average Bonchev–Trinajstić information content (AvgIpc) is 1.23. The lowest BCUT2D eigenvalue weighted by molar-refractivity contribution is -0.192. The number of likely N-dealkylation sites (N-methyl/N-ethyl adjacent to an activating group) is 1. The minimum atomic E-state index is -2.09. The van der Waals surface area contributed by atoms with Crippen LogP contribution in [0.4, 0.5) is 0 Å². The number of hydrogen-bond acceptors (Lipinski definition) is 29. The first-order chi connectivity index (χ1) is 69.5. The molecule has 21 N–H and O–H groups in total. The molecule has 44 nitrogen and oxygen atoms in total. The van der Waals surface area contributed by atoms with Crippen LogP contribution in [0.15, 0.2) is 115 Å². The van der Waals surface area contributed by atoms with Gasteiger partial charge in [-0.05, 0) is 114 Å². The number of rotatable bonds is 29. The number of Topliss-reactive ketones (excluding diaryl/α,β-unsaturated/α-hetero) is 3. The summed E-state index contributed by atoms with van der Waals surface area (Å²) in [5.41, 5.74) is 13.1. The molecule has 0 spiro atoms. The zero-order valence-corrected chi connectivity index (χ0v) is 85.8. The number of fused-ring (bicyclic) bond motifs is 6. The van der Waals surface area contributed by atoms with Crippen LogP contribution in [0.2, 0.25) is 0 Å². The summed E-state index contributed by atoms with van der Waals surface area (Å²) >= 11 is 7.34. The number of thioether (sulfide) groups is 3. The summed E-state index contributed by atoms with van der Waals surface area (Å²) in [4.78, 5) is 329. The molecule has 0 fully saturated rings. The van der Waals surface area contributed by atoms with Crippen molar-refractivity contribution in [2.24, 2.45) is 34.6 Å². The molecule has 0 saturated carbocycles. The first-order valence-corrected chi connectivity index (χ1v) is 51.3. The number of aromatic hydroxyl groups is 1. The Labute approximate surface area is 865 Å². The van der Waals surface area contributed by atoms with Crippen molar-refractivity contribution in [2.45, 2.75) is 235 Å². The molecule has 2 aliphatic rings. The van der Waals surface area contributed by atoms with E-state index in [9.17, 15) is 102 Å². The number of carboxylic acids is 3. The molecule has 1 unspecified atom stereocenters. The van der Waals surface area contributed by atoms with Crippen molar-refractivity contribution in [3.63, 3.8) is 0 Å². The molecule has 0 aliphatic carbocycles. The van der Waals surface area contributed by atoms with Crippen LogP contribution >= 0.6 is 47.9 Å². The summed E-state index contributed by atoms with van der Waals surface area (Å²) in [5.74, 6) is -28.4. The van der Waals surface area contributed by atoms with Gasteiger partial charge in [-0.15, -0.1) is 0 Å². The lowest BCUT2D eigenvalue weighted by atomic mass is 9.81. The first-order valence-electron chi connectivity index (χ1n) is 47.2. The lowest BCUT2D eigenvalue weighted by Gasteiger charge is -2.32. The van der Waals surface area contributed by atoms with Gasteiger partial charge in [0.2, 0.25) is 94.5 Å². The molecule has 16 amide bonds. The summed E-state index contributed by atoms with van der Waals surface area (Å²) in [6.45, 7) is 9.24. The molecule has 0 saturated heterocycles. The van der Waals surface area contributed by atoms with Gasteiger partial charge in [-0.2, -0.15) is 57.5 Å². The van der Waals surface area contributed by atoms with E-state index in [0.29, 0.717) is 50.8 Å². The minimum absolute atomic E-state index is 0.0159. The van der Waals surface area contributed by atoms with Crippen molar-refractivity contribution >= 4 is 195 Å². The van der Waals surface area contributed by atoms with Crippen LogP contribution in [0.5, 0.6) is 5.75 Å². The molecule has 0 aromatic heterocycles. The number of carbonyl (C=O) groups is 22. The highest BCUT2D eigenvalue weighted by Crippen LogP contribution is 2.31. The molecule has 2 heterocycles. The van der Waals surface area contributed by atoms with Gasteiger partial charge < -0.3 is 106 Å². The Morgan fingerprint density at radius 2 is 0.973 bits per heavy atom. The van der Waals surface area contributed by atoms with Crippen molar-refractivity contribution < 1.29 is 135 Å². The van der Waals surface area contributed by atoms with E-state index in [4.69, 9.17) is 21.1 Å². The van der Waals surface area contributed by atoms with Gasteiger partial charge in [-0.1, -0.05) is 131 Å². The van der Waals surface area contributed by atoms with Gasteiger partial charge in [0.15, 0.2) is 17.3 Å². The number of carboxylic acid groups (broad SMARTS) is 3. The summed E-state index contributed by atoms with van der Waals surface area (Å²) in [6, 6.07) is 9.42. The molecule has 2 aliphatic heterocycles. The molecular weight excluding hydrogens is 1990 g/mol. The maximum absolute atomic E-state index is 15.3. The fraction of sp³-hybridized carbons (Fsp3) is 0.485. The smallest absolute Gasteiger partial charge is 0.373 e. The van der Waals surface area contributed by atoms with E-state index in [1.54, 1.807) is 112 Å². The van der Waals surface area contributed by atoms with Crippen LogP contribution in [0.3, 0.4) is 0 Å². The first kappa shape index (κ1) is 122. The molecule has 0 radical (unpaired) electrons. The minimum Gasteiger partial charge on any atom is -0.508 e. The molecule has 15 atom stereocenters. The fourth-order valence-corrected chi connectivity index (χ4v) is 18.9. The largest absolute Gasteiger partial charge is 0.508 e. The van der Waals surface area contributed by atoms with E-state index in [-0.39, 0.29) is 84.4 Å². The van der Waals surface area contributed by atoms with Crippen molar-refractivity contribution in [2.75, 3.05) is 43.1 Å². The number of phenols is 1. The number of primary amides is 2. The number of nitrogens with one attached hydrogen (secondary N) is 13. The third-order valence-electron chi connectivity index (χ3n) is 23.6. The molecule has 796 valence electrons. The quantitative estimate of drug-likeness (QED) is 0.0287. The standard InChI is InChI=1S/C98H128N16O26S4.CO2/c1-9-67-91(134)110-72(43-83(125)126)95(138)109-69(36-55-17-11-10-12-18-55)92(135)108-70(37-56-24-26-65(115)27-25-56)93(136)111-73(44-84(127)128)96(139)113-85(98(5,6)7)77(118)40-63(86(100)129)49-142-46-57-33-58-35-59(34-57)48-144-51-74(97(140)105-67)112-88(131)54(4)103-89(132)62(38-61-21-15-20-60-19-13-14-22-66(60)61)39-76(117)68(28-29-82(123)124)106-94(137)71(42-78(99)119)107-87(130)53(3)104-90(133)64(50-143-47-58)41-75(116)52(2)102-80(121)45-114(8)81(122)30-31-101-79(120)23-16-32-141;2-1-3/h10-15,17-22,24-27,33-35,52-54,62-64,67-74,85,115,141H,9,16,23,28-32,36-51H2,1-8H3,(H2,99,119)(H2,100,129)(H,101,120)(H,102,121)(H,103,132)(H,104,133)(H,105,140)(H,106,137)(H,107,130)(H,108,135)(H,109,138)(H,110,134)(H,111,136)(H,112,131)(H,113,139)(H,123,124)(H,125,126)(H,127,128);/t52-,53+,54+,62+,63?,64-,67-,68-,69-,70-,71-,72-,73-,74-,85+;/m0./s1. The van der Waals surface area contributed by atoms with Gasteiger partial charge in [0, 0.05) is 105 Å². The molecule has 4 bridgehead atoms. The van der Waals surface area contributed by atoms with Crippen LogP contribution in [-0.2, 0) is 152 Å². The van der Waals surface area contributed by atoms with E-state index in [1.807, 2.05) is 0 Å². The van der Waals surface area contributed by atoms with Crippen LogP contribution in [-0.4, -0.2) is 277 Å². The predicted octanol–water partition coefficient (Wildman–Crippen LogP) is 0.326. The van der Waals surface area contributed by atoms with E-state index in [1.165, 1.54) is 59.0 Å². The maximum Gasteiger partial charge on any atom is 0.373 e. The Morgan fingerprint density at radius 3 is 1.51 bits per heavy atom. The van der Waals surface area contributed by atoms with Crippen LogP contribution in [0, 0.1) is 23.2 Å². The number of aliphatic carboxylic acids is 3. The number of benzene rings is 5. The fourth-order valence-electron chi connectivity index (χ4n) is 15.6. The van der Waals surface area contributed by atoms with Crippen molar-refractivity contribution in [3.05, 3.63) is 149 Å². The van der Waals surface area contributed by atoms with E-state index in [2.05, 4.69) is 81.7 Å². The van der Waals surface area contributed by atoms with Crippen LogP contribution < -0.4 is 80.6 Å². The molecule has 48 heteroatoms. The number of phenolic OH excluding ortho intramolecular Hbond substituents is 1. The highest BCUT2D eigenvalue weighted by Gasteiger charge is 2.42. The predicted molar refractivity (Wildman–Crippen MR) is 542 cm³/mol. The number of nitrogens with zero attached hydrogens (tertiary/aromatic N) is 1. The number of nitrogens with two attached hydrogens (primary N) is 2. The Bertz CT molecular complexity index is 5610. The van der Waals surface area contributed by atoms with E-state index >= 15 is 24.0 Å². The SMILES string of the molecule is CC[C@@H]1NC(=O)[C@@H]2CSCc3cc(cc(c3)CSC[C@H](CC(=O)[C@H](C)NC(=O)CN(C)C(=O)CCNC(=O)CCCS)C(=O)N[C@H](C)C(=O)N[C@@H](CC(N)=O)C(=O)N[C@@H](CCC(=O)O)C(=O)C[C@@H](Cc3cccc4ccccc34)C(=O)N[C@H](C)C(=O)N2)CSCC(C(N)=O)CC(=O)[C@H](C(C)(C)C)NC(=O)[C@H](CC(=O)O)NC(=O)[C@H](Cc2ccc(O)cc2)NC(=O)[C@H](Cc2ccccc2)NC(=O)[C@H](CC(=O)O)NC1=O.O=C=O. The summed E-state index contributed by atoms with van der Waals surface area (Å²) < 4.78 is 0. The molecule has 7 rings (SSSR count). The van der Waals surface area contributed by atoms with Crippen molar-refractivity contribution in [1.29, 1.82) is 0 Å². The third-order valence-corrected chi connectivity index (χ3v) is 27.3. The monoisotopic (exact) mass is 2120 g/mol. The summed E-state index contributed by atoms with van der Waals surface area (Å²) in [6.07, 6.45) is -7.50. The summed E-state index contributed by atoms with van der Waals surface area (Å²) in [7, 11) is 1.33. The molecular formula is C99H128N16O28S4. The van der Waals surface area contributed by atoms with Crippen molar-refractivity contribution in [3.8, 4) is 5.75 Å². The maximum atomic E-state index is 15.3. The topological polar surface area (TPSA) is 702 Å². The van der Waals surface area contributed by atoms with Gasteiger partial charge >= 0.3 is 24.1 Å². The molecule has 5 aromatic rings. The van der Waals surface area contributed by atoms with E-state index in [0.717, 1.165) is 40.2 Å². The molecule has 147 heavy (non-hydrogen) atoms. The second kappa shape index (κ2) is 60.7. The van der Waals surface area contributed by atoms with Gasteiger partial charge in [-0.25, -0.2) is 0 Å². The molecule has 5 aromatic carbocycles. The Kier molecular flexibility index (Phi) is 50.2. The van der Waals surface area contributed by atoms with Gasteiger partial charge in [0.1, 0.15) is 60.1 Å². The number of ketones is 3. The second-order valence-electron chi connectivity index (χ2n) is 36.6. The van der Waals surface area contributed by atoms with Crippen molar-refractivity contribution in [1.82, 2.24) is 74.0 Å². The van der Waals surface area contributed by atoms with Crippen LogP contribution in [0.1, 0.15) is 159 Å². The Balaban J connectivity index is 0.0000109. The normalized spacial score (nSPS) is 22.6. The average molecular weight is 2120 g/mol. The number of thiol groups is 1. The zero-order chi connectivity index (χ0) is 109. The Morgan fingerprint density at radius 1 is 0.497 bits per heavy atom. The lowest BCUT2D eigenvalue weighted by Crippen LogP contribution is -2.61. The van der Waals surface area contributed by atoms with E-state index < -0.39 is 296 Å². The second-order valence-corrected chi connectivity index (χ2v) is 40.2. The summed E-state index contributed by atoms with van der Waals surface area (Å²) in [5, 5.41) is 75.0. The van der Waals surface area contributed by atoms with Gasteiger partial charge in [-0.3, -0.25) is 105 Å². The van der Waals surface area contributed by atoms with Gasteiger partial charge in [0.25, 0.3) is 0 Å². The number of carbonyl (C=O) groups excluding carboxylic acids is 21. The Hall–Kier alpha value is -14.1. The number of amides is 16.